The summed E-state index contributed by atoms with van der Waals surface area (Å²) in [6.45, 7) is 3.20. The standard InChI is InChI=1S/C8H7NO3/c1-2-11-8(10)12-7-5-3-4-6-9-7/h2-6H,1H2. The Labute approximate surface area is 69.4 Å². The van der Waals surface area contributed by atoms with Crippen LogP contribution in [0.1, 0.15) is 0 Å². The molecule has 0 aliphatic carbocycles. The summed E-state index contributed by atoms with van der Waals surface area (Å²) in [6.07, 6.45) is 1.66. The van der Waals surface area contributed by atoms with Crippen molar-refractivity contribution in [2.75, 3.05) is 0 Å². The molecule has 1 aromatic heterocycles. The lowest BCUT2D eigenvalue weighted by Crippen LogP contribution is -2.07. The molecule has 62 valence electrons. The predicted molar refractivity (Wildman–Crippen MR) is 41.5 cm³/mol. The van der Waals surface area contributed by atoms with Crippen molar-refractivity contribution in [2.45, 2.75) is 0 Å². The zero-order valence-corrected chi connectivity index (χ0v) is 6.27. The first-order valence-corrected chi connectivity index (χ1v) is 3.23. The molecule has 4 heteroatoms. The molecule has 0 bridgehead atoms. The molecular formula is C8H7NO3. The lowest BCUT2D eigenvalue weighted by molar-refractivity contribution is 0.134. The molecule has 0 aliphatic heterocycles. The third kappa shape index (κ3) is 2.42. The van der Waals surface area contributed by atoms with E-state index in [2.05, 4.69) is 21.0 Å². The summed E-state index contributed by atoms with van der Waals surface area (Å²) in [6, 6.07) is 4.96. The first-order chi connectivity index (χ1) is 5.83. The maximum Gasteiger partial charge on any atom is 0.520 e. The fourth-order valence-electron chi connectivity index (χ4n) is 0.585. The average molecular weight is 165 g/mol. The molecule has 0 atom stereocenters. The Balaban J connectivity index is 2.52. The molecule has 1 rings (SSSR count). The van der Waals surface area contributed by atoms with Crippen LogP contribution in [-0.4, -0.2) is 11.1 Å². The minimum atomic E-state index is -0.844. The summed E-state index contributed by atoms with van der Waals surface area (Å²) in [4.78, 5) is 14.4. The summed E-state index contributed by atoms with van der Waals surface area (Å²) >= 11 is 0. The van der Waals surface area contributed by atoms with E-state index in [4.69, 9.17) is 0 Å². The third-order valence-electron chi connectivity index (χ3n) is 1.01. The van der Waals surface area contributed by atoms with Gasteiger partial charge in [0.15, 0.2) is 0 Å². The van der Waals surface area contributed by atoms with E-state index in [0.717, 1.165) is 6.26 Å². The van der Waals surface area contributed by atoms with Crippen LogP contribution in [0.5, 0.6) is 5.88 Å². The molecule has 0 spiro atoms. The van der Waals surface area contributed by atoms with Crippen molar-refractivity contribution in [1.29, 1.82) is 0 Å². The van der Waals surface area contributed by atoms with E-state index in [1.807, 2.05) is 0 Å². The van der Waals surface area contributed by atoms with E-state index in [0.29, 0.717) is 0 Å². The van der Waals surface area contributed by atoms with Crippen LogP contribution in [0, 0.1) is 0 Å². The molecule has 0 unspecified atom stereocenters. The average Bonchev–Trinajstić information content (AvgIpc) is 2.06. The van der Waals surface area contributed by atoms with E-state index >= 15 is 0 Å². The Bertz CT molecular complexity index is 271. The van der Waals surface area contributed by atoms with Gasteiger partial charge >= 0.3 is 6.16 Å². The van der Waals surface area contributed by atoms with Gasteiger partial charge in [-0.15, -0.1) is 0 Å². The highest BCUT2D eigenvalue weighted by Crippen LogP contribution is 2.03. The Morgan fingerprint density at radius 1 is 1.58 bits per heavy atom. The Hall–Kier alpha value is -1.84. The van der Waals surface area contributed by atoms with Gasteiger partial charge in [-0.05, 0) is 6.07 Å². The van der Waals surface area contributed by atoms with Crippen molar-refractivity contribution in [1.82, 2.24) is 4.98 Å². The summed E-state index contributed by atoms with van der Waals surface area (Å²) in [7, 11) is 0. The number of hydrogen-bond donors (Lipinski definition) is 0. The van der Waals surface area contributed by atoms with Crippen LogP contribution in [0.25, 0.3) is 0 Å². The predicted octanol–water partition coefficient (Wildman–Crippen LogP) is 1.74. The molecule has 0 radical (unpaired) electrons. The second-order valence-electron chi connectivity index (χ2n) is 1.80. The van der Waals surface area contributed by atoms with Gasteiger partial charge in [-0.3, -0.25) is 0 Å². The number of rotatable bonds is 2. The molecule has 0 saturated carbocycles. The van der Waals surface area contributed by atoms with Gasteiger partial charge in [-0.2, -0.15) is 0 Å². The number of hydrogen-bond acceptors (Lipinski definition) is 4. The topological polar surface area (TPSA) is 48.4 Å². The summed E-state index contributed by atoms with van der Waals surface area (Å²) in [5, 5.41) is 0. The number of aromatic nitrogens is 1. The summed E-state index contributed by atoms with van der Waals surface area (Å²) < 4.78 is 8.92. The molecular weight excluding hydrogens is 158 g/mol. The second-order valence-corrected chi connectivity index (χ2v) is 1.80. The third-order valence-corrected chi connectivity index (χ3v) is 1.01. The van der Waals surface area contributed by atoms with Crippen molar-refractivity contribution >= 4 is 6.16 Å². The van der Waals surface area contributed by atoms with E-state index in [9.17, 15) is 4.79 Å². The molecule has 4 nitrogen and oxygen atoms in total. The first kappa shape index (κ1) is 8.26. The van der Waals surface area contributed by atoms with Gasteiger partial charge in [0.1, 0.15) is 0 Å². The van der Waals surface area contributed by atoms with Crippen molar-refractivity contribution in [3.63, 3.8) is 0 Å². The number of ether oxygens (including phenoxy) is 2. The van der Waals surface area contributed by atoms with Gasteiger partial charge < -0.3 is 9.47 Å². The number of carbonyl (C=O) groups is 1. The minimum absolute atomic E-state index is 0.198. The van der Waals surface area contributed by atoms with E-state index in [1.54, 1.807) is 18.2 Å². The number of nitrogens with zero attached hydrogens (tertiary/aromatic N) is 1. The quantitative estimate of drug-likeness (QED) is 0.494. The van der Waals surface area contributed by atoms with E-state index in [-0.39, 0.29) is 5.88 Å². The Morgan fingerprint density at radius 2 is 2.42 bits per heavy atom. The lowest BCUT2D eigenvalue weighted by atomic mass is 10.5. The van der Waals surface area contributed by atoms with Crippen LogP contribution in [0.2, 0.25) is 0 Å². The molecule has 0 fully saturated rings. The van der Waals surface area contributed by atoms with Gasteiger partial charge in [0.25, 0.3) is 0 Å². The zero-order valence-electron chi connectivity index (χ0n) is 6.27. The highest BCUT2D eigenvalue weighted by molar-refractivity contribution is 5.63. The fourth-order valence-corrected chi connectivity index (χ4v) is 0.585. The zero-order chi connectivity index (χ0) is 8.81. The van der Waals surface area contributed by atoms with Crippen molar-refractivity contribution in [2.24, 2.45) is 0 Å². The van der Waals surface area contributed by atoms with Gasteiger partial charge in [0.05, 0.1) is 6.26 Å². The molecule has 0 aliphatic rings. The van der Waals surface area contributed by atoms with Gasteiger partial charge in [-0.25, -0.2) is 9.78 Å². The smallest absolute Gasteiger partial charge is 0.403 e. The van der Waals surface area contributed by atoms with Crippen molar-refractivity contribution < 1.29 is 14.3 Å². The molecule has 1 heterocycles. The molecule has 0 saturated heterocycles. The van der Waals surface area contributed by atoms with Crippen molar-refractivity contribution in [3.8, 4) is 5.88 Å². The van der Waals surface area contributed by atoms with E-state index in [1.165, 1.54) is 6.20 Å². The largest absolute Gasteiger partial charge is 0.520 e. The molecule has 1 aromatic rings. The van der Waals surface area contributed by atoms with Crippen LogP contribution >= 0.6 is 0 Å². The number of pyridine rings is 1. The molecule has 0 amide bonds. The fraction of sp³-hybridized carbons (Fsp3) is 0. The molecule has 12 heavy (non-hydrogen) atoms. The van der Waals surface area contributed by atoms with Gasteiger partial charge in [0.2, 0.25) is 5.88 Å². The normalized spacial score (nSPS) is 8.67. The van der Waals surface area contributed by atoms with Crippen LogP contribution < -0.4 is 4.74 Å². The van der Waals surface area contributed by atoms with Crippen LogP contribution in [0.4, 0.5) is 4.79 Å². The van der Waals surface area contributed by atoms with E-state index < -0.39 is 6.16 Å². The Kier molecular flexibility index (Phi) is 2.84. The Morgan fingerprint density at radius 3 is 3.00 bits per heavy atom. The summed E-state index contributed by atoms with van der Waals surface area (Å²) in [5.41, 5.74) is 0. The van der Waals surface area contributed by atoms with Gasteiger partial charge in [-0.1, -0.05) is 12.6 Å². The lowest BCUT2D eigenvalue weighted by Gasteiger charge is -1.99. The van der Waals surface area contributed by atoms with Crippen LogP contribution in [-0.2, 0) is 4.74 Å². The maximum absolute atomic E-state index is 10.7. The minimum Gasteiger partial charge on any atom is -0.403 e. The second kappa shape index (κ2) is 4.12. The SMILES string of the molecule is C=COC(=O)Oc1ccccn1. The first-order valence-electron chi connectivity index (χ1n) is 3.23. The van der Waals surface area contributed by atoms with Crippen molar-refractivity contribution in [3.05, 3.63) is 37.2 Å². The van der Waals surface area contributed by atoms with Crippen LogP contribution in [0.3, 0.4) is 0 Å². The molecule has 0 N–H and O–H groups in total. The molecule has 0 aromatic carbocycles. The van der Waals surface area contributed by atoms with Crippen LogP contribution in [0.15, 0.2) is 37.2 Å². The monoisotopic (exact) mass is 165 g/mol. The number of carbonyl (C=O) groups excluding carboxylic acids is 1. The summed E-state index contributed by atoms with van der Waals surface area (Å²) in [5.74, 6) is 0.198. The maximum atomic E-state index is 10.7. The highest BCUT2D eigenvalue weighted by Gasteiger charge is 2.02. The highest BCUT2D eigenvalue weighted by atomic mass is 16.7. The van der Waals surface area contributed by atoms with Gasteiger partial charge in [0, 0.05) is 12.3 Å².